The molecule has 264 valence electrons. The zero-order valence-corrected chi connectivity index (χ0v) is 29.3. The van der Waals surface area contributed by atoms with Gasteiger partial charge < -0.3 is 29.2 Å². The van der Waals surface area contributed by atoms with Gasteiger partial charge in [0.15, 0.2) is 16.3 Å². The van der Waals surface area contributed by atoms with Gasteiger partial charge in [0.05, 0.1) is 33.5 Å². The molecule has 9 rings (SSSR count). The van der Waals surface area contributed by atoms with Crippen LogP contribution in [0.25, 0.3) is 48.7 Å². The maximum atomic E-state index is 15.8. The average Bonchev–Trinajstić information content (AvgIpc) is 3.80. The van der Waals surface area contributed by atoms with Gasteiger partial charge in [-0.2, -0.15) is 9.61 Å². The average molecular weight is 713 g/mol. The molecule has 0 amide bonds. The molecule has 6 heterocycles. The van der Waals surface area contributed by atoms with Crippen molar-refractivity contribution in [1.29, 1.82) is 0 Å². The van der Waals surface area contributed by atoms with Gasteiger partial charge in [0.25, 0.3) is 0 Å². The van der Waals surface area contributed by atoms with Crippen LogP contribution in [0.3, 0.4) is 0 Å². The zero-order valence-electron chi connectivity index (χ0n) is 28.5. The number of hydrogen-bond donors (Lipinski definition) is 1. The Morgan fingerprint density at radius 1 is 0.784 bits per heavy atom. The number of rotatable bonds is 7. The molecule has 15 heteroatoms. The van der Waals surface area contributed by atoms with Crippen LogP contribution in [0.15, 0.2) is 46.2 Å². The number of halogens is 2. The third-order valence-electron chi connectivity index (χ3n) is 10.6. The number of benzene rings is 2. The first-order valence-corrected chi connectivity index (χ1v) is 18.6. The van der Waals surface area contributed by atoms with Gasteiger partial charge in [-0.25, -0.2) is 8.78 Å². The van der Waals surface area contributed by atoms with E-state index < -0.39 is 11.6 Å². The van der Waals surface area contributed by atoms with Crippen molar-refractivity contribution in [2.75, 3.05) is 68.7 Å². The molecule has 1 aliphatic carbocycles. The van der Waals surface area contributed by atoms with Crippen molar-refractivity contribution in [1.82, 2.24) is 39.2 Å². The van der Waals surface area contributed by atoms with E-state index in [1.807, 2.05) is 22.5 Å². The molecule has 0 spiro atoms. The van der Waals surface area contributed by atoms with E-state index >= 15 is 8.78 Å². The third kappa shape index (κ3) is 5.40. The van der Waals surface area contributed by atoms with Crippen LogP contribution in [-0.2, 0) is 6.54 Å². The minimum absolute atomic E-state index is 0.189. The first kappa shape index (κ1) is 32.2. The molecule has 1 N–H and O–H groups in total. The van der Waals surface area contributed by atoms with Crippen molar-refractivity contribution in [3.8, 4) is 22.0 Å². The second-order valence-electron chi connectivity index (χ2n) is 13.6. The van der Waals surface area contributed by atoms with E-state index in [2.05, 4.69) is 36.8 Å². The lowest BCUT2D eigenvalue weighted by Crippen LogP contribution is -2.46. The molecule has 2 aromatic carbocycles. The van der Waals surface area contributed by atoms with Crippen molar-refractivity contribution < 1.29 is 8.78 Å². The van der Waals surface area contributed by atoms with Crippen LogP contribution in [0.1, 0.15) is 32.7 Å². The van der Waals surface area contributed by atoms with Gasteiger partial charge in [-0.15, -0.1) is 10.2 Å². The molecule has 3 aliphatic rings. The van der Waals surface area contributed by atoms with Crippen LogP contribution in [0.2, 0.25) is 0 Å². The second-order valence-corrected chi connectivity index (χ2v) is 14.5. The molecule has 3 fully saturated rings. The van der Waals surface area contributed by atoms with Crippen LogP contribution in [0, 0.1) is 11.6 Å². The van der Waals surface area contributed by atoms with Crippen LogP contribution < -0.4 is 26.0 Å². The first-order valence-electron chi connectivity index (χ1n) is 17.7. The van der Waals surface area contributed by atoms with E-state index in [0.29, 0.717) is 57.6 Å². The van der Waals surface area contributed by atoms with Crippen molar-refractivity contribution >= 4 is 49.5 Å². The summed E-state index contributed by atoms with van der Waals surface area (Å²) in [5.41, 5.74) is 2.22. The molecule has 0 radical (unpaired) electrons. The van der Waals surface area contributed by atoms with E-state index in [1.165, 1.54) is 28.0 Å². The number of likely N-dealkylation sites (N-methyl/N-ethyl adjacent to an activating group) is 1. The maximum absolute atomic E-state index is 15.8. The van der Waals surface area contributed by atoms with E-state index in [-0.39, 0.29) is 39.1 Å². The molecule has 0 unspecified atom stereocenters. The van der Waals surface area contributed by atoms with Gasteiger partial charge in [0, 0.05) is 88.1 Å². The predicted molar refractivity (Wildman–Crippen MR) is 196 cm³/mol. The highest BCUT2D eigenvalue weighted by Gasteiger charge is 2.29. The molecule has 4 aromatic heterocycles. The Kier molecular flexibility index (Phi) is 7.89. The topological polar surface area (TPSA) is 109 Å². The van der Waals surface area contributed by atoms with Gasteiger partial charge in [-0.1, -0.05) is 18.3 Å². The summed E-state index contributed by atoms with van der Waals surface area (Å²) in [6.45, 7) is 11.7. The van der Waals surface area contributed by atoms with Crippen molar-refractivity contribution in [2.45, 2.75) is 39.3 Å². The number of nitrogens with zero attached hydrogens (tertiary/aromatic N) is 9. The number of pyridine rings is 2. The Balaban J connectivity index is 1.13. The smallest absolute Gasteiger partial charge is 0.235 e. The monoisotopic (exact) mass is 712 g/mol. The molecular weight excluding hydrogens is 675 g/mol. The third-order valence-corrected chi connectivity index (χ3v) is 11.5. The molecule has 6 aromatic rings. The first-order chi connectivity index (χ1) is 24.8. The molecule has 2 aliphatic heterocycles. The van der Waals surface area contributed by atoms with Gasteiger partial charge in [0.2, 0.25) is 10.4 Å². The molecule has 1 saturated carbocycles. The van der Waals surface area contributed by atoms with Crippen molar-refractivity contribution in [3.63, 3.8) is 0 Å². The lowest BCUT2D eigenvalue weighted by Gasteiger charge is -2.35. The Hall–Kier alpha value is -4.73. The van der Waals surface area contributed by atoms with E-state index in [1.54, 1.807) is 18.5 Å². The highest BCUT2D eigenvalue weighted by molar-refractivity contribution is 7.19. The Morgan fingerprint density at radius 3 is 2.10 bits per heavy atom. The van der Waals surface area contributed by atoms with Crippen LogP contribution >= 0.6 is 11.3 Å². The van der Waals surface area contributed by atoms with Gasteiger partial charge in [0.1, 0.15) is 11.6 Å². The number of piperazine rings is 2. The van der Waals surface area contributed by atoms with Crippen LogP contribution in [-0.4, -0.2) is 92.7 Å². The fourth-order valence-electron chi connectivity index (χ4n) is 7.58. The van der Waals surface area contributed by atoms with Crippen LogP contribution in [0.4, 0.5) is 20.2 Å². The lowest BCUT2D eigenvalue weighted by atomic mass is 10.1. The molecule has 2 saturated heterocycles. The summed E-state index contributed by atoms with van der Waals surface area (Å²) in [5.74, 6) is -0.642. The summed E-state index contributed by atoms with van der Waals surface area (Å²) >= 11 is 1.17. The summed E-state index contributed by atoms with van der Waals surface area (Å²) in [6.07, 6.45) is 5.47. The van der Waals surface area contributed by atoms with Crippen LogP contribution in [0.5, 0.6) is 0 Å². The van der Waals surface area contributed by atoms with Crippen molar-refractivity contribution in [2.24, 2.45) is 0 Å². The molecule has 0 bridgehead atoms. The molecular formula is C36H38F2N10O2S. The minimum Gasteiger partial charge on any atom is -0.367 e. The largest absolute Gasteiger partial charge is 0.367 e. The Bertz CT molecular complexity index is 2450. The summed E-state index contributed by atoms with van der Waals surface area (Å²) in [4.78, 5) is 34.9. The summed E-state index contributed by atoms with van der Waals surface area (Å²) < 4.78 is 36.8. The number of aromatic nitrogens is 6. The number of anilines is 2. The maximum Gasteiger partial charge on any atom is 0.235 e. The molecule has 12 nitrogen and oxygen atoms in total. The molecule has 51 heavy (non-hydrogen) atoms. The van der Waals surface area contributed by atoms with Crippen molar-refractivity contribution in [3.05, 3.63) is 68.7 Å². The number of fused-ring (bicyclic) bond motifs is 3. The number of aryl methyl sites for hydroxylation is 1. The zero-order chi connectivity index (χ0) is 35.0. The highest BCUT2D eigenvalue weighted by Crippen LogP contribution is 2.39. The van der Waals surface area contributed by atoms with Gasteiger partial charge in [-0.05, 0) is 50.6 Å². The summed E-state index contributed by atoms with van der Waals surface area (Å²) in [6, 6.07) is 6.48. The minimum atomic E-state index is -0.437. The second kappa shape index (κ2) is 12.5. The highest BCUT2D eigenvalue weighted by atomic mass is 32.1. The van der Waals surface area contributed by atoms with E-state index in [4.69, 9.17) is 5.10 Å². The Labute approximate surface area is 295 Å². The predicted octanol–water partition coefficient (Wildman–Crippen LogP) is 4.33. The lowest BCUT2D eigenvalue weighted by molar-refractivity contribution is 0.270. The fourth-order valence-corrected chi connectivity index (χ4v) is 8.42. The van der Waals surface area contributed by atoms with Gasteiger partial charge >= 0.3 is 0 Å². The number of nitrogens with one attached hydrogen (secondary N) is 1. The van der Waals surface area contributed by atoms with E-state index in [0.717, 1.165) is 58.7 Å². The summed E-state index contributed by atoms with van der Waals surface area (Å²) in [5, 5.41) is 17.6. The van der Waals surface area contributed by atoms with Gasteiger partial charge in [-0.3, -0.25) is 9.59 Å². The standard InChI is InChI=1S/C36H38F2N10O2S/c1-3-43-11-13-46(14-12-43)31-18-29-23(16-27(31)38)32(49)24(20-47(29)21-5-6-21)34-40-41-36-48(34)42-35(51-36)25-19-44(4-2)28-17-30(45-9-7-39-8-10-45)26(37)15-22(28)33(25)50/h15-21,39H,3-14H2,1-2H3. The number of hydrogen-bond acceptors (Lipinski definition) is 10. The summed E-state index contributed by atoms with van der Waals surface area (Å²) in [7, 11) is 0. The normalized spacial score (nSPS) is 17.4. The fraction of sp³-hybridized carbons (Fsp3) is 0.417. The Morgan fingerprint density at radius 2 is 1.43 bits per heavy atom. The SMILES string of the molecule is CCN1CCN(c2cc3c(cc2F)c(=O)c(-c2nnc4sc(-c5cn(CC)c6cc(N7CCNCC7)c(F)cc6c5=O)nn24)cn3C2CC2)CC1. The molecule has 0 atom stereocenters. The van der Waals surface area contributed by atoms with E-state index in [9.17, 15) is 9.59 Å². The quantitative estimate of drug-likeness (QED) is 0.259.